The molecule has 3 atom stereocenters. The number of anilines is 2. The molecule has 1 aromatic heterocycles. The molecule has 0 saturated carbocycles. The lowest BCUT2D eigenvalue weighted by atomic mass is 9.83. The number of phenolic OH excluding ortho intramolecular Hbond substituents is 1. The second-order valence-electron chi connectivity index (χ2n) is 10.2. The van der Waals surface area contributed by atoms with Gasteiger partial charge in [0.15, 0.2) is 0 Å². The Bertz CT molecular complexity index is 1820. The van der Waals surface area contributed by atoms with Gasteiger partial charge in [0, 0.05) is 16.5 Å². The lowest BCUT2D eigenvalue weighted by Gasteiger charge is -2.30. The van der Waals surface area contributed by atoms with Crippen molar-refractivity contribution in [1.82, 2.24) is 4.57 Å². The average Bonchev–Trinajstić information content (AvgIpc) is 3.40. The van der Waals surface area contributed by atoms with E-state index in [2.05, 4.69) is 5.32 Å². The molecule has 0 aliphatic carbocycles. The van der Waals surface area contributed by atoms with E-state index in [0.717, 1.165) is 51.8 Å². The number of hydrogen-bond acceptors (Lipinski definition) is 7. The number of aromatic nitrogens is 1. The Morgan fingerprint density at radius 2 is 1.67 bits per heavy atom. The quantitative estimate of drug-likeness (QED) is 0.289. The van der Waals surface area contributed by atoms with Gasteiger partial charge in [0.05, 0.1) is 22.2 Å². The highest BCUT2D eigenvalue weighted by Gasteiger charge is 2.56. The molecule has 2 unspecified atom stereocenters. The fourth-order valence-corrected chi connectivity index (χ4v) is 8.14. The Kier molecular flexibility index (Phi) is 7.17. The number of benzene rings is 3. The minimum atomic E-state index is -4.60. The highest BCUT2D eigenvalue weighted by molar-refractivity contribution is 8.00. The van der Waals surface area contributed by atoms with Crippen LogP contribution in [0.3, 0.4) is 0 Å². The van der Waals surface area contributed by atoms with E-state index in [4.69, 9.17) is 0 Å². The fraction of sp³-hybridized carbons (Fsp3) is 0.200. The monoisotopic (exact) mass is 625 g/mol. The second kappa shape index (κ2) is 10.7. The van der Waals surface area contributed by atoms with Crippen LogP contribution in [0.5, 0.6) is 5.75 Å². The van der Waals surface area contributed by atoms with Crippen LogP contribution in [0.25, 0.3) is 0 Å². The standard InChI is InChI=1S/C30H22F3N3O5S2/c1-15-5-9-19(10-6-15)36-26(39)23-22(16-7-11-20(37)12-8-16)25-28(42-24(23)27(36)40)35(29(41)43-25)14-21(38)34-18-4-2-3-17(13-18)30(31,32)33/h2-13,22-24,37H,14H2,1H3,(H,34,38)/t22-,23?,24?/m0/s1. The number of hydrogen-bond donors (Lipinski definition) is 2. The summed E-state index contributed by atoms with van der Waals surface area (Å²) in [4.78, 5) is 55.0. The zero-order valence-corrected chi connectivity index (χ0v) is 23.9. The minimum Gasteiger partial charge on any atom is -0.508 e. The molecule has 6 rings (SSSR count). The van der Waals surface area contributed by atoms with Gasteiger partial charge < -0.3 is 10.4 Å². The molecule has 0 spiro atoms. The SMILES string of the molecule is Cc1ccc(N2C(=O)C3Sc4c(sc(=O)n4CC(=O)Nc4cccc(C(F)(F)F)c4)[C@@H](c4ccc(O)cc4)C3C2=O)cc1. The third-order valence-electron chi connectivity index (χ3n) is 7.37. The van der Waals surface area contributed by atoms with Crippen molar-refractivity contribution < 1.29 is 32.7 Å². The van der Waals surface area contributed by atoms with Crippen LogP contribution in [-0.2, 0) is 27.1 Å². The summed E-state index contributed by atoms with van der Waals surface area (Å²) in [5.74, 6) is -3.21. The number of thiazole rings is 1. The van der Waals surface area contributed by atoms with Gasteiger partial charge in [-0.1, -0.05) is 59.0 Å². The molecule has 2 aliphatic heterocycles. The normalized spacial score (nSPS) is 19.7. The number of aromatic hydroxyl groups is 1. The Balaban J connectivity index is 1.37. The smallest absolute Gasteiger partial charge is 0.416 e. The van der Waals surface area contributed by atoms with Gasteiger partial charge >= 0.3 is 11.0 Å². The highest BCUT2D eigenvalue weighted by Crippen LogP contribution is 2.54. The Morgan fingerprint density at radius 3 is 2.35 bits per heavy atom. The average molecular weight is 626 g/mol. The zero-order valence-electron chi connectivity index (χ0n) is 22.3. The number of fused-ring (bicyclic) bond motifs is 2. The van der Waals surface area contributed by atoms with Crippen molar-refractivity contribution in [2.75, 3.05) is 10.2 Å². The van der Waals surface area contributed by atoms with Crippen molar-refractivity contribution >= 4 is 52.2 Å². The summed E-state index contributed by atoms with van der Waals surface area (Å²) in [6.07, 6.45) is -4.60. The molecule has 1 saturated heterocycles. The van der Waals surface area contributed by atoms with Crippen LogP contribution in [0.15, 0.2) is 82.6 Å². The van der Waals surface area contributed by atoms with Gasteiger partial charge in [0.1, 0.15) is 17.5 Å². The number of halogens is 3. The molecule has 2 N–H and O–H groups in total. The van der Waals surface area contributed by atoms with Gasteiger partial charge in [-0.25, -0.2) is 4.90 Å². The molecule has 4 aromatic rings. The summed E-state index contributed by atoms with van der Waals surface area (Å²) in [7, 11) is 0. The van der Waals surface area contributed by atoms with Crippen LogP contribution in [0.1, 0.15) is 27.5 Å². The first-order chi connectivity index (χ1) is 20.4. The van der Waals surface area contributed by atoms with Gasteiger partial charge in [-0.2, -0.15) is 13.2 Å². The predicted molar refractivity (Wildman–Crippen MR) is 155 cm³/mol. The van der Waals surface area contributed by atoms with Gasteiger partial charge in [-0.3, -0.25) is 23.7 Å². The third-order valence-corrected chi connectivity index (χ3v) is 9.97. The number of imide groups is 1. The van der Waals surface area contributed by atoms with Crippen molar-refractivity contribution in [3.8, 4) is 5.75 Å². The molecule has 3 amide bonds. The van der Waals surface area contributed by atoms with E-state index in [0.29, 0.717) is 21.2 Å². The van der Waals surface area contributed by atoms with Gasteiger partial charge in [0.2, 0.25) is 17.7 Å². The van der Waals surface area contributed by atoms with E-state index < -0.39 is 58.0 Å². The van der Waals surface area contributed by atoms with E-state index in [1.807, 2.05) is 6.92 Å². The highest BCUT2D eigenvalue weighted by atomic mass is 32.2. The summed E-state index contributed by atoms with van der Waals surface area (Å²) < 4.78 is 40.6. The van der Waals surface area contributed by atoms with Crippen molar-refractivity contribution in [2.24, 2.45) is 5.92 Å². The number of nitrogens with one attached hydrogen (secondary N) is 1. The Hall–Kier alpha value is -4.36. The predicted octanol–water partition coefficient (Wildman–Crippen LogP) is 5.38. The number of carbonyl (C=O) groups excluding carboxylic acids is 3. The Labute approximate surface area is 250 Å². The largest absolute Gasteiger partial charge is 0.508 e. The van der Waals surface area contributed by atoms with E-state index in [1.165, 1.54) is 22.8 Å². The summed E-state index contributed by atoms with van der Waals surface area (Å²) in [6, 6.07) is 17.3. The molecule has 3 heterocycles. The van der Waals surface area contributed by atoms with Crippen molar-refractivity contribution in [3.63, 3.8) is 0 Å². The van der Waals surface area contributed by atoms with E-state index in [9.17, 15) is 37.5 Å². The minimum absolute atomic E-state index is 0.00200. The summed E-state index contributed by atoms with van der Waals surface area (Å²) >= 11 is 1.87. The van der Waals surface area contributed by atoms with Crippen molar-refractivity contribution in [1.29, 1.82) is 0 Å². The molecule has 0 radical (unpaired) electrons. The number of carbonyl (C=O) groups is 3. The van der Waals surface area contributed by atoms with Gasteiger partial charge in [0.25, 0.3) is 0 Å². The van der Waals surface area contributed by atoms with Crippen molar-refractivity contribution in [2.45, 2.75) is 35.8 Å². The van der Waals surface area contributed by atoms with E-state index in [-0.39, 0.29) is 11.4 Å². The number of thioether (sulfide) groups is 1. The topological polar surface area (TPSA) is 109 Å². The number of rotatable bonds is 5. The first kappa shape index (κ1) is 28.7. The van der Waals surface area contributed by atoms with Crippen LogP contribution in [-0.4, -0.2) is 32.6 Å². The number of aryl methyl sites for hydroxylation is 1. The number of phenols is 1. The molecular weight excluding hydrogens is 603 g/mol. The van der Waals surface area contributed by atoms with E-state index >= 15 is 0 Å². The van der Waals surface area contributed by atoms with Crippen LogP contribution < -0.4 is 15.1 Å². The number of alkyl halides is 3. The number of nitrogens with zero attached hydrogens (tertiary/aromatic N) is 2. The molecule has 3 aromatic carbocycles. The van der Waals surface area contributed by atoms with Crippen LogP contribution >= 0.6 is 23.1 Å². The molecule has 1 fully saturated rings. The summed E-state index contributed by atoms with van der Waals surface area (Å²) in [6.45, 7) is 1.37. The molecule has 220 valence electrons. The maximum Gasteiger partial charge on any atom is 0.416 e. The molecular formula is C30H22F3N3O5S2. The lowest BCUT2D eigenvalue weighted by molar-refractivity contribution is -0.137. The Morgan fingerprint density at radius 1 is 0.977 bits per heavy atom. The molecule has 2 aliphatic rings. The number of amides is 3. The molecule has 8 nitrogen and oxygen atoms in total. The summed E-state index contributed by atoms with van der Waals surface area (Å²) in [5.41, 5.74) is 0.948. The maximum atomic E-state index is 13.9. The van der Waals surface area contributed by atoms with E-state index in [1.54, 1.807) is 36.4 Å². The first-order valence-electron chi connectivity index (χ1n) is 13.0. The van der Waals surface area contributed by atoms with Crippen LogP contribution in [0.4, 0.5) is 24.5 Å². The second-order valence-corrected chi connectivity index (χ2v) is 12.4. The van der Waals surface area contributed by atoms with Crippen molar-refractivity contribution in [3.05, 3.63) is 104 Å². The molecule has 0 bridgehead atoms. The zero-order chi connectivity index (χ0) is 30.6. The lowest BCUT2D eigenvalue weighted by Crippen LogP contribution is -2.33. The fourth-order valence-electron chi connectivity index (χ4n) is 5.36. The third kappa shape index (κ3) is 5.23. The van der Waals surface area contributed by atoms with Crippen LogP contribution in [0, 0.1) is 12.8 Å². The maximum absolute atomic E-state index is 13.9. The summed E-state index contributed by atoms with van der Waals surface area (Å²) in [5, 5.41) is 11.7. The molecule has 13 heteroatoms. The van der Waals surface area contributed by atoms with Gasteiger partial charge in [-0.15, -0.1) is 0 Å². The first-order valence-corrected chi connectivity index (χ1v) is 14.7. The molecule has 43 heavy (non-hydrogen) atoms. The van der Waals surface area contributed by atoms with Gasteiger partial charge in [-0.05, 0) is 55.0 Å². The van der Waals surface area contributed by atoms with Crippen LogP contribution in [0.2, 0.25) is 0 Å².